The van der Waals surface area contributed by atoms with Crippen LogP contribution >= 0.6 is 0 Å². The Morgan fingerprint density at radius 3 is 2.00 bits per heavy atom. The monoisotopic (exact) mass is 198 g/mol. The van der Waals surface area contributed by atoms with E-state index in [1.165, 1.54) is 0 Å². The summed E-state index contributed by atoms with van der Waals surface area (Å²) in [5.41, 5.74) is -0.420. The van der Waals surface area contributed by atoms with Gasteiger partial charge in [0.05, 0.1) is 17.3 Å². The first kappa shape index (κ1) is 10.5. The molecule has 2 atom stereocenters. The molecule has 0 bridgehead atoms. The van der Waals surface area contributed by atoms with Crippen LogP contribution in [0.4, 0.5) is 0 Å². The summed E-state index contributed by atoms with van der Waals surface area (Å²) in [6.07, 6.45) is 1.40. The standard InChI is InChI=1S/C10H19BO3/c1-9(2)10(3,4)14-11(13-9)7-6-8(7)12-5/h7-8H,6H2,1-5H3/t7-,8-/m0/s1. The Hall–Kier alpha value is -0.0551. The second-order valence-corrected chi connectivity index (χ2v) is 5.30. The van der Waals surface area contributed by atoms with Crippen molar-refractivity contribution in [1.29, 1.82) is 0 Å². The van der Waals surface area contributed by atoms with E-state index in [1.54, 1.807) is 7.11 Å². The fourth-order valence-electron chi connectivity index (χ4n) is 1.81. The summed E-state index contributed by atoms with van der Waals surface area (Å²) in [5.74, 6) is 0.432. The van der Waals surface area contributed by atoms with Gasteiger partial charge >= 0.3 is 7.12 Å². The zero-order chi connectivity index (χ0) is 10.6. The molecule has 1 saturated heterocycles. The summed E-state index contributed by atoms with van der Waals surface area (Å²) in [7, 11) is 1.67. The Bertz CT molecular complexity index is 224. The van der Waals surface area contributed by atoms with Crippen molar-refractivity contribution in [1.82, 2.24) is 0 Å². The number of hydrogen-bond donors (Lipinski definition) is 0. The van der Waals surface area contributed by atoms with Crippen molar-refractivity contribution in [3.63, 3.8) is 0 Å². The molecule has 0 aromatic heterocycles. The molecule has 0 aromatic rings. The minimum absolute atomic E-state index is 0.0788. The molecule has 0 aromatic carbocycles. The van der Waals surface area contributed by atoms with Gasteiger partial charge in [0.15, 0.2) is 0 Å². The molecule has 80 valence electrons. The Kier molecular flexibility index (Phi) is 2.22. The Morgan fingerprint density at radius 1 is 1.14 bits per heavy atom. The summed E-state index contributed by atoms with van der Waals surface area (Å²) in [6.45, 7) is 8.32. The molecule has 0 unspecified atom stereocenters. The molecule has 1 heterocycles. The van der Waals surface area contributed by atoms with Gasteiger partial charge in [0.2, 0.25) is 0 Å². The highest BCUT2D eigenvalue weighted by molar-refractivity contribution is 6.49. The van der Waals surface area contributed by atoms with Gasteiger partial charge in [-0.15, -0.1) is 0 Å². The van der Waals surface area contributed by atoms with Gasteiger partial charge in [0.25, 0.3) is 0 Å². The van der Waals surface area contributed by atoms with E-state index in [0.717, 1.165) is 6.42 Å². The lowest BCUT2D eigenvalue weighted by molar-refractivity contribution is 0.00578. The van der Waals surface area contributed by atoms with E-state index in [1.807, 2.05) is 0 Å². The average molecular weight is 198 g/mol. The van der Waals surface area contributed by atoms with Crippen LogP contribution in [0.1, 0.15) is 34.1 Å². The van der Waals surface area contributed by atoms with Crippen LogP contribution in [-0.4, -0.2) is 31.5 Å². The number of hydrogen-bond acceptors (Lipinski definition) is 3. The van der Waals surface area contributed by atoms with E-state index in [0.29, 0.717) is 11.9 Å². The molecular weight excluding hydrogens is 179 g/mol. The van der Waals surface area contributed by atoms with E-state index in [-0.39, 0.29) is 18.3 Å². The fraction of sp³-hybridized carbons (Fsp3) is 1.00. The summed E-state index contributed by atoms with van der Waals surface area (Å²) in [4.78, 5) is 0. The van der Waals surface area contributed by atoms with Crippen molar-refractivity contribution in [3.8, 4) is 0 Å². The highest BCUT2D eigenvalue weighted by Crippen LogP contribution is 2.49. The maximum atomic E-state index is 5.92. The van der Waals surface area contributed by atoms with Crippen LogP contribution in [0, 0.1) is 0 Å². The maximum Gasteiger partial charge on any atom is 0.463 e. The molecule has 14 heavy (non-hydrogen) atoms. The van der Waals surface area contributed by atoms with E-state index < -0.39 is 0 Å². The topological polar surface area (TPSA) is 27.7 Å². The van der Waals surface area contributed by atoms with Crippen LogP contribution in [0.2, 0.25) is 5.82 Å². The van der Waals surface area contributed by atoms with Gasteiger partial charge in [-0.25, -0.2) is 0 Å². The molecule has 1 aliphatic carbocycles. The van der Waals surface area contributed by atoms with Gasteiger partial charge in [0.1, 0.15) is 0 Å². The highest BCUT2D eigenvalue weighted by Gasteiger charge is 2.59. The molecule has 0 N–H and O–H groups in total. The van der Waals surface area contributed by atoms with Crippen LogP contribution in [0.25, 0.3) is 0 Å². The van der Waals surface area contributed by atoms with Gasteiger partial charge in [-0.1, -0.05) is 0 Å². The maximum absolute atomic E-state index is 5.92. The Labute approximate surface area is 86.2 Å². The second-order valence-electron chi connectivity index (χ2n) is 5.30. The van der Waals surface area contributed by atoms with Crippen molar-refractivity contribution in [2.45, 2.75) is 57.2 Å². The molecular formula is C10H19BO3. The predicted octanol–water partition coefficient (Wildman–Crippen LogP) is 1.87. The van der Waals surface area contributed by atoms with Crippen LogP contribution in [0.15, 0.2) is 0 Å². The minimum Gasteiger partial charge on any atom is -0.403 e. The minimum atomic E-state index is -0.210. The summed E-state index contributed by atoms with van der Waals surface area (Å²) in [6, 6.07) is 0. The van der Waals surface area contributed by atoms with Crippen molar-refractivity contribution >= 4 is 7.12 Å². The molecule has 0 amide bonds. The second kappa shape index (κ2) is 2.97. The lowest BCUT2D eigenvalue weighted by Crippen LogP contribution is -2.41. The van der Waals surface area contributed by atoms with Crippen LogP contribution in [0.3, 0.4) is 0 Å². The molecule has 2 rings (SSSR count). The van der Waals surface area contributed by atoms with Crippen molar-refractivity contribution in [2.75, 3.05) is 7.11 Å². The molecule has 1 saturated carbocycles. The smallest absolute Gasteiger partial charge is 0.403 e. The van der Waals surface area contributed by atoms with Gasteiger partial charge in [-0.2, -0.15) is 0 Å². The molecule has 0 spiro atoms. The summed E-state index contributed by atoms with van der Waals surface area (Å²) in [5, 5.41) is 0. The first-order valence-corrected chi connectivity index (χ1v) is 5.26. The number of rotatable bonds is 2. The normalized spacial score (nSPS) is 38.8. The third-order valence-electron chi connectivity index (χ3n) is 3.70. The quantitative estimate of drug-likeness (QED) is 0.634. The molecule has 3 nitrogen and oxygen atoms in total. The van der Waals surface area contributed by atoms with Crippen molar-refractivity contribution in [3.05, 3.63) is 0 Å². The summed E-state index contributed by atoms with van der Waals surface area (Å²) < 4.78 is 17.1. The average Bonchev–Trinajstić information content (AvgIpc) is 2.75. The van der Waals surface area contributed by atoms with Gasteiger partial charge < -0.3 is 14.0 Å². The van der Waals surface area contributed by atoms with Crippen LogP contribution in [-0.2, 0) is 14.0 Å². The molecule has 1 aliphatic heterocycles. The van der Waals surface area contributed by atoms with Crippen molar-refractivity contribution < 1.29 is 14.0 Å². The van der Waals surface area contributed by atoms with Crippen molar-refractivity contribution in [2.24, 2.45) is 0 Å². The van der Waals surface area contributed by atoms with Gasteiger partial charge in [-0.05, 0) is 34.1 Å². The van der Waals surface area contributed by atoms with E-state index in [2.05, 4.69) is 27.7 Å². The predicted molar refractivity (Wildman–Crippen MR) is 55.2 cm³/mol. The van der Waals surface area contributed by atoms with Crippen LogP contribution in [0.5, 0.6) is 0 Å². The lowest BCUT2D eigenvalue weighted by Gasteiger charge is -2.32. The highest BCUT2D eigenvalue weighted by atomic mass is 16.7. The molecule has 0 radical (unpaired) electrons. The van der Waals surface area contributed by atoms with Gasteiger partial charge in [-0.3, -0.25) is 0 Å². The Morgan fingerprint density at radius 2 is 1.64 bits per heavy atom. The van der Waals surface area contributed by atoms with E-state index in [9.17, 15) is 0 Å². The van der Waals surface area contributed by atoms with E-state index >= 15 is 0 Å². The van der Waals surface area contributed by atoms with Crippen LogP contribution < -0.4 is 0 Å². The Balaban J connectivity index is 2.01. The third kappa shape index (κ3) is 1.49. The summed E-state index contributed by atoms with van der Waals surface area (Å²) >= 11 is 0. The largest absolute Gasteiger partial charge is 0.463 e. The number of methoxy groups -OCH3 is 1. The number of ether oxygens (including phenoxy) is 1. The zero-order valence-electron chi connectivity index (χ0n) is 9.66. The molecule has 2 aliphatic rings. The van der Waals surface area contributed by atoms with Gasteiger partial charge in [0, 0.05) is 12.9 Å². The first-order valence-electron chi connectivity index (χ1n) is 5.26. The van der Waals surface area contributed by atoms with E-state index in [4.69, 9.17) is 14.0 Å². The third-order valence-corrected chi connectivity index (χ3v) is 3.70. The lowest BCUT2D eigenvalue weighted by atomic mass is 9.82. The molecule has 2 fully saturated rings. The first-order chi connectivity index (χ1) is 6.37. The fourth-order valence-corrected chi connectivity index (χ4v) is 1.81. The zero-order valence-corrected chi connectivity index (χ0v) is 9.66. The molecule has 4 heteroatoms. The SMILES string of the molecule is CO[C@H]1C[C@@H]1B1OC(C)(C)C(C)(C)O1.